The summed E-state index contributed by atoms with van der Waals surface area (Å²) in [5.41, 5.74) is 2.44. The molecule has 0 N–H and O–H groups in total. The summed E-state index contributed by atoms with van der Waals surface area (Å²) >= 11 is 6.02. The Morgan fingerprint density at radius 2 is 1.87 bits per heavy atom. The lowest BCUT2D eigenvalue weighted by Gasteiger charge is -2.34. The monoisotopic (exact) mass is 432 g/mol. The number of pyridine rings is 1. The topological polar surface area (TPSA) is 77.3 Å². The number of rotatable bonds is 4. The van der Waals surface area contributed by atoms with Gasteiger partial charge in [0.1, 0.15) is 5.15 Å². The summed E-state index contributed by atoms with van der Waals surface area (Å²) in [6.07, 6.45) is 1.52. The number of aromatic nitrogens is 3. The lowest BCUT2D eigenvalue weighted by molar-refractivity contribution is 0.0517. The molecular formula is C22H29ClN4O3. The molecule has 30 heavy (non-hydrogen) atoms. The molecule has 8 heteroatoms. The lowest BCUT2D eigenvalue weighted by Crippen LogP contribution is -2.40. The van der Waals surface area contributed by atoms with Crippen molar-refractivity contribution in [2.75, 3.05) is 19.7 Å². The van der Waals surface area contributed by atoms with Crippen LogP contribution in [0.1, 0.15) is 78.8 Å². The van der Waals surface area contributed by atoms with E-state index in [-0.39, 0.29) is 17.4 Å². The van der Waals surface area contributed by atoms with Gasteiger partial charge in [-0.3, -0.25) is 9.48 Å². The van der Waals surface area contributed by atoms with Crippen molar-refractivity contribution in [2.24, 2.45) is 0 Å². The van der Waals surface area contributed by atoms with E-state index < -0.39 is 5.97 Å². The maximum absolute atomic E-state index is 12.9. The van der Waals surface area contributed by atoms with Crippen LogP contribution in [-0.2, 0) is 10.2 Å². The molecule has 3 rings (SSSR count). The van der Waals surface area contributed by atoms with Gasteiger partial charge in [0.2, 0.25) is 0 Å². The third-order valence-corrected chi connectivity index (χ3v) is 5.45. The molecule has 162 valence electrons. The second kappa shape index (κ2) is 8.76. The van der Waals surface area contributed by atoms with Crippen LogP contribution in [0.15, 0.2) is 18.2 Å². The second-order valence-corrected chi connectivity index (χ2v) is 9.06. The Morgan fingerprint density at radius 1 is 1.20 bits per heavy atom. The van der Waals surface area contributed by atoms with E-state index in [0.717, 1.165) is 24.2 Å². The van der Waals surface area contributed by atoms with Crippen LogP contribution in [-0.4, -0.2) is 51.2 Å². The van der Waals surface area contributed by atoms with Crippen LogP contribution < -0.4 is 0 Å². The van der Waals surface area contributed by atoms with Gasteiger partial charge in [-0.15, -0.1) is 0 Å². The number of aryl methyl sites for hydroxylation is 1. The van der Waals surface area contributed by atoms with Crippen LogP contribution in [0.25, 0.3) is 0 Å². The first-order chi connectivity index (χ1) is 14.1. The minimum absolute atomic E-state index is 0.0374. The molecule has 7 nitrogen and oxygen atoms in total. The predicted molar refractivity (Wildman–Crippen MR) is 115 cm³/mol. The number of esters is 1. The maximum atomic E-state index is 12.9. The van der Waals surface area contributed by atoms with E-state index in [0.29, 0.717) is 36.1 Å². The maximum Gasteiger partial charge on any atom is 0.358 e. The fourth-order valence-corrected chi connectivity index (χ4v) is 4.04. The fraction of sp³-hybridized carbons (Fsp3) is 0.545. The minimum atomic E-state index is -0.403. The van der Waals surface area contributed by atoms with Crippen LogP contribution in [0.2, 0.25) is 5.15 Å². The normalized spacial score (nSPS) is 15.3. The third kappa shape index (κ3) is 4.83. The molecule has 1 saturated heterocycles. The molecule has 1 aliphatic heterocycles. The summed E-state index contributed by atoms with van der Waals surface area (Å²) in [6, 6.07) is 5.32. The van der Waals surface area contributed by atoms with Crippen LogP contribution in [0.3, 0.4) is 0 Å². The van der Waals surface area contributed by atoms with Gasteiger partial charge in [-0.1, -0.05) is 32.4 Å². The van der Waals surface area contributed by atoms with Crippen molar-refractivity contribution in [1.29, 1.82) is 0 Å². The zero-order valence-corrected chi connectivity index (χ0v) is 19.0. The molecular weight excluding hydrogens is 404 g/mol. The first kappa shape index (κ1) is 22.3. The van der Waals surface area contributed by atoms with Crippen molar-refractivity contribution in [3.63, 3.8) is 0 Å². The number of hydrogen-bond acceptors (Lipinski definition) is 5. The SMILES string of the molecule is CCOC(=O)c1cc(C(C)(C)C)n(C2CCN(C(=O)c3cc(C)nc(Cl)c3)CC2)n1. The molecule has 2 aromatic rings. The number of piperidine rings is 1. The Balaban J connectivity index is 1.77. The highest BCUT2D eigenvalue weighted by Gasteiger charge is 2.31. The smallest absolute Gasteiger partial charge is 0.358 e. The van der Waals surface area contributed by atoms with Crippen LogP contribution in [0.5, 0.6) is 0 Å². The molecule has 0 aliphatic carbocycles. The number of halogens is 1. The summed E-state index contributed by atoms with van der Waals surface area (Å²) < 4.78 is 7.09. The van der Waals surface area contributed by atoms with E-state index in [1.807, 2.05) is 22.6 Å². The van der Waals surface area contributed by atoms with E-state index >= 15 is 0 Å². The number of hydrogen-bond donors (Lipinski definition) is 0. The van der Waals surface area contributed by atoms with Gasteiger partial charge in [0.05, 0.1) is 12.6 Å². The fourth-order valence-electron chi connectivity index (χ4n) is 3.79. The number of amides is 1. The zero-order chi connectivity index (χ0) is 22.1. The summed E-state index contributed by atoms with van der Waals surface area (Å²) in [7, 11) is 0. The van der Waals surface area contributed by atoms with Crippen LogP contribution in [0, 0.1) is 6.92 Å². The van der Waals surface area contributed by atoms with Gasteiger partial charge in [-0.05, 0) is 44.9 Å². The molecule has 0 aromatic carbocycles. The van der Waals surface area contributed by atoms with Crippen molar-refractivity contribution in [3.8, 4) is 0 Å². The molecule has 2 aromatic heterocycles. The van der Waals surface area contributed by atoms with Crippen molar-refractivity contribution < 1.29 is 14.3 Å². The Labute approximate surface area is 182 Å². The van der Waals surface area contributed by atoms with Gasteiger partial charge in [0, 0.05) is 35.5 Å². The number of carbonyl (C=O) groups excluding carboxylic acids is 2. The van der Waals surface area contributed by atoms with Gasteiger partial charge < -0.3 is 9.64 Å². The first-order valence-electron chi connectivity index (χ1n) is 10.3. The number of likely N-dealkylation sites (tertiary alicyclic amines) is 1. The zero-order valence-electron chi connectivity index (χ0n) is 18.2. The average Bonchev–Trinajstić information content (AvgIpc) is 3.13. The van der Waals surface area contributed by atoms with Crippen molar-refractivity contribution in [3.05, 3.63) is 46.0 Å². The number of ether oxygens (including phenoxy) is 1. The molecule has 0 radical (unpaired) electrons. The Morgan fingerprint density at radius 3 is 2.43 bits per heavy atom. The van der Waals surface area contributed by atoms with Crippen molar-refractivity contribution in [1.82, 2.24) is 19.7 Å². The Bertz CT molecular complexity index is 920. The average molecular weight is 433 g/mol. The van der Waals surface area contributed by atoms with Gasteiger partial charge in [0.15, 0.2) is 5.69 Å². The first-order valence-corrected chi connectivity index (χ1v) is 10.7. The highest BCUT2D eigenvalue weighted by molar-refractivity contribution is 6.29. The number of carbonyl (C=O) groups is 2. The predicted octanol–water partition coefficient (Wildman–Crippen LogP) is 4.19. The molecule has 1 amide bonds. The molecule has 0 bridgehead atoms. The van der Waals surface area contributed by atoms with Gasteiger partial charge in [-0.25, -0.2) is 9.78 Å². The number of nitrogens with zero attached hydrogens (tertiary/aromatic N) is 4. The molecule has 1 aliphatic rings. The third-order valence-electron chi connectivity index (χ3n) is 5.26. The second-order valence-electron chi connectivity index (χ2n) is 8.67. The Kier molecular flexibility index (Phi) is 6.50. The van der Waals surface area contributed by atoms with Gasteiger partial charge in [0.25, 0.3) is 5.91 Å². The molecule has 0 atom stereocenters. The van der Waals surface area contributed by atoms with Gasteiger partial charge >= 0.3 is 5.97 Å². The van der Waals surface area contributed by atoms with Gasteiger partial charge in [-0.2, -0.15) is 5.10 Å². The largest absolute Gasteiger partial charge is 0.461 e. The van der Waals surface area contributed by atoms with Crippen LogP contribution >= 0.6 is 11.6 Å². The lowest BCUT2D eigenvalue weighted by atomic mass is 9.91. The Hall–Kier alpha value is -2.41. The van der Waals surface area contributed by atoms with Crippen molar-refractivity contribution >= 4 is 23.5 Å². The molecule has 0 spiro atoms. The summed E-state index contributed by atoms with van der Waals surface area (Å²) in [6.45, 7) is 11.4. The molecule has 0 saturated carbocycles. The summed E-state index contributed by atoms with van der Waals surface area (Å²) in [4.78, 5) is 31.1. The van der Waals surface area contributed by atoms with E-state index in [1.54, 1.807) is 19.1 Å². The van der Waals surface area contributed by atoms with E-state index in [4.69, 9.17) is 16.3 Å². The van der Waals surface area contributed by atoms with E-state index in [1.165, 1.54) is 0 Å². The van der Waals surface area contributed by atoms with E-state index in [2.05, 4.69) is 30.9 Å². The van der Waals surface area contributed by atoms with E-state index in [9.17, 15) is 9.59 Å². The molecule has 1 fully saturated rings. The highest BCUT2D eigenvalue weighted by atomic mass is 35.5. The molecule has 3 heterocycles. The summed E-state index contributed by atoms with van der Waals surface area (Å²) in [5, 5.41) is 4.91. The summed E-state index contributed by atoms with van der Waals surface area (Å²) in [5.74, 6) is -0.441. The minimum Gasteiger partial charge on any atom is -0.461 e. The quantitative estimate of drug-likeness (QED) is 0.534. The van der Waals surface area contributed by atoms with Crippen molar-refractivity contribution in [2.45, 2.75) is 58.9 Å². The highest BCUT2D eigenvalue weighted by Crippen LogP contribution is 2.31. The standard InChI is InChI=1S/C22H29ClN4O3/c1-6-30-21(29)17-13-18(22(3,4)5)27(25-17)16-7-9-26(10-8-16)20(28)15-11-14(2)24-19(23)12-15/h11-13,16H,6-10H2,1-5H3. The molecule has 0 unspecified atom stereocenters. The van der Waals surface area contributed by atoms with Crippen LogP contribution in [0.4, 0.5) is 0 Å².